The Morgan fingerprint density at radius 1 is 1.20 bits per heavy atom. The monoisotopic (exact) mass is 302 g/mol. The molecular weight excluding hydrogens is 276 g/mol. The third-order valence-electron chi connectivity index (χ3n) is 3.74. The van der Waals surface area contributed by atoms with Gasteiger partial charge in [-0.15, -0.1) is 0 Å². The van der Waals surface area contributed by atoms with Gasteiger partial charge < -0.3 is 15.7 Å². The average Bonchev–Trinajstić information content (AvgIpc) is 2.34. The van der Waals surface area contributed by atoms with Gasteiger partial charge in [-0.25, -0.2) is 4.79 Å². The topological polar surface area (TPSA) is 78.4 Å². The molecule has 116 valence electrons. The number of hydrogen-bond acceptors (Lipinski definition) is 3. The summed E-state index contributed by atoms with van der Waals surface area (Å²) in [6, 6.07) is -0.227. The lowest BCUT2D eigenvalue weighted by Gasteiger charge is -2.41. The fraction of sp³-hybridized carbons (Fsp3) is 0.857. The van der Waals surface area contributed by atoms with Gasteiger partial charge in [-0.1, -0.05) is 12.8 Å². The molecule has 0 aromatic carbocycles. The SMILES string of the molecule is CSCCCCCCNC(=O)NC1(CC(=O)O)CCC1. The van der Waals surface area contributed by atoms with Crippen LogP contribution in [0.5, 0.6) is 0 Å². The normalized spacial score (nSPS) is 16.2. The summed E-state index contributed by atoms with van der Waals surface area (Å²) < 4.78 is 0. The maximum Gasteiger partial charge on any atom is 0.315 e. The molecule has 1 fully saturated rings. The molecule has 0 bridgehead atoms. The molecule has 0 heterocycles. The highest BCUT2D eigenvalue weighted by molar-refractivity contribution is 7.98. The number of rotatable bonds is 10. The van der Waals surface area contributed by atoms with Gasteiger partial charge in [-0.2, -0.15) is 11.8 Å². The Morgan fingerprint density at radius 3 is 2.45 bits per heavy atom. The average molecular weight is 302 g/mol. The Kier molecular flexibility index (Phi) is 7.80. The van der Waals surface area contributed by atoms with Gasteiger partial charge in [0.05, 0.1) is 12.0 Å². The fourth-order valence-corrected chi connectivity index (χ4v) is 2.94. The third-order valence-corrected chi connectivity index (χ3v) is 4.44. The zero-order chi connectivity index (χ0) is 14.8. The largest absolute Gasteiger partial charge is 0.481 e. The minimum Gasteiger partial charge on any atom is -0.481 e. The van der Waals surface area contributed by atoms with E-state index in [2.05, 4.69) is 16.9 Å². The molecule has 0 aromatic rings. The van der Waals surface area contributed by atoms with Crippen molar-refractivity contribution in [2.75, 3.05) is 18.6 Å². The van der Waals surface area contributed by atoms with E-state index in [0.29, 0.717) is 6.54 Å². The maximum atomic E-state index is 11.7. The van der Waals surface area contributed by atoms with Crippen LogP contribution in [0.4, 0.5) is 4.79 Å². The van der Waals surface area contributed by atoms with Crippen molar-refractivity contribution in [1.29, 1.82) is 0 Å². The summed E-state index contributed by atoms with van der Waals surface area (Å²) in [5, 5.41) is 14.5. The summed E-state index contributed by atoms with van der Waals surface area (Å²) in [6.45, 7) is 0.661. The van der Waals surface area contributed by atoms with Gasteiger partial charge in [-0.05, 0) is 44.1 Å². The van der Waals surface area contributed by atoms with E-state index in [4.69, 9.17) is 5.11 Å². The van der Waals surface area contributed by atoms with E-state index in [-0.39, 0.29) is 12.5 Å². The molecule has 1 aliphatic carbocycles. The Morgan fingerprint density at radius 2 is 1.90 bits per heavy atom. The van der Waals surface area contributed by atoms with E-state index < -0.39 is 11.5 Å². The number of unbranched alkanes of at least 4 members (excludes halogenated alkanes) is 3. The summed E-state index contributed by atoms with van der Waals surface area (Å²) >= 11 is 1.86. The number of carboxylic acids is 1. The van der Waals surface area contributed by atoms with Gasteiger partial charge in [0.1, 0.15) is 0 Å². The number of nitrogens with one attached hydrogen (secondary N) is 2. The minimum absolute atomic E-state index is 0.0229. The fourth-order valence-electron chi connectivity index (χ4n) is 2.45. The molecule has 6 heteroatoms. The summed E-state index contributed by atoms with van der Waals surface area (Å²) in [4.78, 5) is 22.6. The Bertz CT molecular complexity index is 320. The third kappa shape index (κ3) is 6.50. The zero-order valence-corrected chi connectivity index (χ0v) is 13.1. The number of thioether (sulfide) groups is 1. The standard InChI is InChI=1S/C14H26N2O3S/c1-20-10-5-3-2-4-9-15-13(19)16-14(7-6-8-14)11-12(17)18/h2-11H2,1H3,(H,17,18)(H2,15,16,19). The lowest BCUT2D eigenvalue weighted by Crippen LogP contribution is -2.57. The van der Waals surface area contributed by atoms with E-state index >= 15 is 0 Å². The molecular formula is C14H26N2O3S. The number of aliphatic carboxylic acids is 1. The number of carbonyl (C=O) groups excluding carboxylic acids is 1. The molecule has 2 amide bonds. The van der Waals surface area contributed by atoms with Crippen molar-refractivity contribution in [1.82, 2.24) is 10.6 Å². The van der Waals surface area contributed by atoms with E-state index in [1.165, 1.54) is 18.6 Å². The second-order valence-electron chi connectivity index (χ2n) is 5.49. The van der Waals surface area contributed by atoms with E-state index in [0.717, 1.165) is 32.1 Å². The highest BCUT2D eigenvalue weighted by atomic mass is 32.2. The summed E-state index contributed by atoms with van der Waals surface area (Å²) in [7, 11) is 0. The van der Waals surface area contributed by atoms with Crippen molar-refractivity contribution in [3.8, 4) is 0 Å². The molecule has 0 aliphatic heterocycles. The van der Waals surface area contributed by atoms with Crippen molar-refractivity contribution < 1.29 is 14.7 Å². The molecule has 0 radical (unpaired) electrons. The quantitative estimate of drug-likeness (QED) is 0.542. The van der Waals surface area contributed by atoms with E-state index in [9.17, 15) is 9.59 Å². The van der Waals surface area contributed by atoms with Gasteiger partial charge >= 0.3 is 12.0 Å². The predicted molar refractivity (Wildman–Crippen MR) is 82.2 cm³/mol. The number of urea groups is 1. The lowest BCUT2D eigenvalue weighted by molar-refractivity contribution is -0.139. The Hall–Kier alpha value is -0.910. The van der Waals surface area contributed by atoms with Crippen molar-refractivity contribution >= 4 is 23.8 Å². The summed E-state index contributed by atoms with van der Waals surface area (Å²) in [5.41, 5.74) is -0.506. The minimum atomic E-state index is -0.848. The van der Waals surface area contributed by atoms with Crippen LogP contribution < -0.4 is 10.6 Å². The van der Waals surface area contributed by atoms with Crippen LogP contribution >= 0.6 is 11.8 Å². The first kappa shape index (κ1) is 17.1. The number of amides is 2. The highest BCUT2D eigenvalue weighted by Crippen LogP contribution is 2.34. The Labute approximate surface area is 125 Å². The number of carbonyl (C=O) groups is 2. The van der Waals surface area contributed by atoms with E-state index in [1.807, 2.05) is 11.8 Å². The van der Waals surface area contributed by atoms with Gasteiger partial charge in [0.25, 0.3) is 0 Å². The van der Waals surface area contributed by atoms with Crippen LogP contribution in [-0.2, 0) is 4.79 Å². The second kappa shape index (κ2) is 9.10. The van der Waals surface area contributed by atoms with Crippen LogP contribution in [0.2, 0.25) is 0 Å². The molecule has 0 saturated heterocycles. The number of hydrogen-bond donors (Lipinski definition) is 3. The molecule has 1 rings (SSSR count). The molecule has 0 unspecified atom stereocenters. The van der Waals surface area contributed by atoms with Crippen LogP contribution in [0, 0.1) is 0 Å². The van der Waals surface area contributed by atoms with Gasteiger partial charge in [0.2, 0.25) is 0 Å². The van der Waals surface area contributed by atoms with Crippen molar-refractivity contribution in [2.24, 2.45) is 0 Å². The van der Waals surface area contributed by atoms with Gasteiger partial charge in [0.15, 0.2) is 0 Å². The molecule has 0 atom stereocenters. The molecule has 0 spiro atoms. The second-order valence-corrected chi connectivity index (χ2v) is 6.48. The first-order valence-corrected chi connectivity index (χ1v) is 8.74. The molecule has 3 N–H and O–H groups in total. The zero-order valence-electron chi connectivity index (χ0n) is 12.2. The highest BCUT2D eigenvalue weighted by Gasteiger charge is 2.40. The Balaban J connectivity index is 2.09. The molecule has 1 aliphatic rings. The van der Waals surface area contributed by atoms with Crippen molar-refractivity contribution in [3.63, 3.8) is 0 Å². The smallest absolute Gasteiger partial charge is 0.315 e. The maximum absolute atomic E-state index is 11.7. The lowest BCUT2D eigenvalue weighted by atomic mass is 9.74. The summed E-state index contributed by atoms with van der Waals surface area (Å²) in [5.74, 6) is 0.352. The van der Waals surface area contributed by atoms with Crippen LogP contribution in [0.25, 0.3) is 0 Å². The van der Waals surface area contributed by atoms with Crippen LogP contribution in [0.3, 0.4) is 0 Å². The molecule has 5 nitrogen and oxygen atoms in total. The number of carboxylic acid groups (broad SMARTS) is 1. The summed E-state index contributed by atoms with van der Waals surface area (Å²) in [6.07, 6.45) is 9.19. The van der Waals surface area contributed by atoms with Crippen LogP contribution in [0.15, 0.2) is 0 Å². The van der Waals surface area contributed by atoms with E-state index in [1.54, 1.807) is 0 Å². The molecule has 0 aromatic heterocycles. The van der Waals surface area contributed by atoms with Gasteiger partial charge in [-0.3, -0.25) is 4.79 Å². The van der Waals surface area contributed by atoms with Crippen LogP contribution in [0.1, 0.15) is 51.4 Å². The van der Waals surface area contributed by atoms with Crippen LogP contribution in [-0.4, -0.2) is 41.2 Å². The van der Waals surface area contributed by atoms with Gasteiger partial charge in [0, 0.05) is 6.54 Å². The van der Waals surface area contributed by atoms with Crippen molar-refractivity contribution in [2.45, 2.75) is 56.9 Å². The molecule has 1 saturated carbocycles. The van der Waals surface area contributed by atoms with Crippen molar-refractivity contribution in [3.05, 3.63) is 0 Å². The molecule has 20 heavy (non-hydrogen) atoms. The predicted octanol–water partition coefficient (Wildman–Crippen LogP) is 2.61. The first-order chi connectivity index (χ1) is 9.58. The first-order valence-electron chi connectivity index (χ1n) is 7.35.